The van der Waals surface area contributed by atoms with Crippen molar-refractivity contribution in [1.82, 2.24) is 0 Å². The topological polar surface area (TPSA) is 57.5 Å². The maximum absolute atomic E-state index is 9.42. The van der Waals surface area contributed by atoms with E-state index in [0.717, 1.165) is 16.2 Å². The van der Waals surface area contributed by atoms with E-state index in [1.165, 1.54) is 0 Å². The molecule has 0 saturated heterocycles. The molecule has 0 amide bonds. The minimum absolute atomic E-state index is 0.880. The molecule has 0 atom stereocenters. The van der Waals surface area contributed by atoms with Crippen LogP contribution in [-0.4, -0.2) is 22.7 Å². The second kappa shape index (κ2) is 1.77. The van der Waals surface area contributed by atoms with E-state index in [4.69, 9.17) is 6.94 Å². The van der Waals surface area contributed by atoms with Crippen molar-refractivity contribution in [3.8, 4) is 0 Å². The average Bonchev–Trinajstić information content (AvgIpc) is 0.722. The van der Waals surface area contributed by atoms with Gasteiger partial charge in [0.05, 0.1) is 0 Å². The van der Waals surface area contributed by atoms with Crippen molar-refractivity contribution in [3.05, 3.63) is 0 Å². The van der Waals surface area contributed by atoms with Crippen molar-refractivity contribution in [3.63, 3.8) is 0 Å². The monoisotopic (exact) mass is 279 g/mol. The van der Waals surface area contributed by atoms with Gasteiger partial charge >= 0.3 is 42.0 Å². The van der Waals surface area contributed by atoms with Crippen molar-refractivity contribution in [1.29, 1.82) is 0 Å². The predicted molar refractivity (Wildman–Crippen MR) is 12.3 cm³/mol. The Labute approximate surface area is 41.9 Å². The van der Waals surface area contributed by atoms with Crippen LogP contribution in [0.4, 0.5) is 0 Å². The zero-order valence-electron chi connectivity index (χ0n) is 2.16. The fourth-order valence-electron chi connectivity index (χ4n) is 0. The average molecular weight is 275 g/mol. The van der Waals surface area contributed by atoms with E-state index in [1.54, 1.807) is 0 Å². The van der Waals surface area contributed by atoms with Gasteiger partial charge in [-0.15, -0.1) is 0 Å². The second-order valence-electron chi connectivity index (χ2n) is 0.491. The van der Waals surface area contributed by atoms with Crippen LogP contribution < -0.4 is 0 Å². The molecule has 0 radical (unpaired) electrons. The van der Waals surface area contributed by atoms with Crippen LogP contribution in [0.3, 0.4) is 0 Å². The predicted octanol–water partition coefficient (Wildman–Crippen LogP) is -1.88. The van der Waals surface area contributed by atoms with E-state index < -0.39 is 15.8 Å². The number of rotatable bonds is 0. The Morgan fingerprint density at radius 3 is 1.60 bits per heavy atom. The van der Waals surface area contributed by atoms with E-state index >= 15 is 0 Å². The second-order valence-corrected chi connectivity index (χ2v) is 11.1. The summed E-state index contributed by atoms with van der Waals surface area (Å²) in [6.45, 7) is 0. The van der Waals surface area contributed by atoms with Crippen molar-refractivity contribution in [2.75, 3.05) is 0 Å². The van der Waals surface area contributed by atoms with Gasteiger partial charge in [-0.25, -0.2) is 0 Å². The Morgan fingerprint density at radius 2 is 1.60 bits per heavy atom. The first kappa shape index (κ1) is 6.20. The molecular formula is H3MoO3Te. The third-order valence-corrected chi connectivity index (χ3v) is 0. The molecule has 0 heterocycles. The summed E-state index contributed by atoms with van der Waals surface area (Å²) < 4.78 is 24.9. The van der Waals surface area contributed by atoms with Crippen molar-refractivity contribution in [2.24, 2.45) is 0 Å². The van der Waals surface area contributed by atoms with E-state index in [-0.39, 0.29) is 0 Å². The summed E-state index contributed by atoms with van der Waals surface area (Å²) in [7, 11) is 0. The van der Waals surface area contributed by atoms with Crippen LogP contribution in [0.1, 0.15) is 0 Å². The molecule has 5 heavy (non-hydrogen) atoms. The van der Waals surface area contributed by atoms with Gasteiger partial charge in [0.2, 0.25) is 0 Å². The summed E-state index contributed by atoms with van der Waals surface area (Å²) >= 11 is -3.46. The molecule has 0 aromatic rings. The molecule has 2 N–H and O–H groups in total. The fraction of sp³-hybridized carbons (Fsp3) is 0. The molecule has 0 saturated carbocycles. The van der Waals surface area contributed by atoms with Crippen molar-refractivity contribution < 1.29 is 26.3 Å². The van der Waals surface area contributed by atoms with Crippen LogP contribution in [0, 0.1) is 0 Å². The molecule has 5 heteroatoms. The molecule has 0 aliphatic heterocycles. The molecule has 0 aliphatic carbocycles. The third kappa shape index (κ3) is 37.0. The van der Waals surface area contributed by atoms with Gasteiger partial charge in [0.15, 0.2) is 0 Å². The summed E-state index contributed by atoms with van der Waals surface area (Å²) in [6, 6.07) is 0. The zero-order valence-corrected chi connectivity index (χ0v) is 6.72. The van der Waals surface area contributed by atoms with Gasteiger partial charge in [0, 0.05) is 0 Å². The first-order chi connectivity index (χ1) is 2.00. The maximum atomic E-state index is 9.42. The number of hydrogen-bond acceptors (Lipinski definition) is 1. The molecule has 0 aromatic carbocycles. The van der Waals surface area contributed by atoms with Gasteiger partial charge < -0.3 is 0 Å². The van der Waals surface area contributed by atoms with Crippen molar-refractivity contribution >= 4 is 15.8 Å². The Hall–Kier alpha value is 1.20. The van der Waals surface area contributed by atoms with E-state index in [9.17, 15) is 3.10 Å². The van der Waals surface area contributed by atoms with Crippen LogP contribution in [0.15, 0.2) is 0 Å². The van der Waals surface area contributed by atoms with Gasteiger partial charge in [-0.2, -0.15) is 0 Å². The quantitative estimate of drug-likeness (QED) is 0.508. The van der Waals surface area contributed by atoms with Crippen LogP contribution in [0.2, 0.25) is 0 Å². The summed E-state index contributed by atoms with van der Waals surface area (Å²) in [4.78, 5) is 0. The third-order valence-electron chi connectivity index (χ3n) is 0. The van der Waals surface area contributed by atoms with Crippen LogP contribution in [-0.2, 0) is 19.3 Å². The van der Waals surface area contributed by atoms with Gasteiger partial charge in [0.25, 0.3) is 0 Å². The minimum atomic E-state index is -4.34. The summed E-state index contributed by atoms with van der Waals surface area (Å²) in [5.74, 6) is 0. The van der Waals surface area contributed by atoms with E-state index in [0.29, 0.717) is 0 Å². The molecule has 0 aliphatic rings. The van der Waals surface area contributed by atoms with E-state index in [2.05, 4.69) is 0 Å². The Bertz CT molecular complexity index is 53.0. The standard InChI is InChI=1S/Mo.H3O3Te/c;1-4(2)3/h;4H,(H2,1,2,3). The van der Waals surface area contributed by atoms with Gasteiger partial charge in [-0.3, -0.25) is 0 Å². The molecule has 0 rings (SSSR count). The summed E-state index contributed by atoms with van der Waals surface area (Å²) in [5.41, 5.74) is 0. The Balaban J connectivity index is 3.47. The normalized spacial score (nSPS) is 14.8. The molecule has 0 spiro atoms. The van der Waals surface area contributed by atoms with Gasteiger partial charge in [-0.05, 0) is 0 Å². The van der Waals surface area contributed by atoms with Crippen LogP contribution >= 0.6 is 0 Å². The number of hydrogen-bond donors (Lipinski definition) is 2. The zero-order chi connectivity index (χ0) is 4.50. The van der Waals surface area contributed by atoms with Crippen LogP contribution in [0.25, 0.3) is 0 Å². The fourth-order valence-corrected chi connectivity index (χ4v) is 0. The molecule has 0 unspecified atom stereocenters. The molecular weight excluding hydrogens is 272 g/mol. The Morgan fingerprint density at radius 1 is 1.60 bits per heavy atom. The SMILES string of the molecule is O=[TeH](O)(O)[Mo]. The van der Waals surface area contributed by atoms with E-state index in [1.807, 2.05) is 0 Å². The van der Waals surface area contributed by atoms with Gasteiger partial charge in [0.1, 0.15) is 0 Å². The Kier molecular flexibility index (Phi) is 2.19. The molecule has 0 aromatic heterocycles. The first-order valence-electron chi connectivity index (χ1n) is 0.765. The van der Waals surface area contributed by atoms with Crippen molar-refractivity contribution in [2.45, 2.75) is 0 Å². The summed E-state index contributed by atoms with van der Waals surface area (Å²) in [6.07, 6.45) is 0. The molecule has 3 nitrogen and oxygen atoms in total. The molecule has 0 bridgehead atoms. The summed E-state index contributed by atoms with van der Waals surface area (Å²) in [5, 5.41) is 0. The van der Waals surface area contributed by atoms with Gasteiger partial charge in [-0.1, -0.05) is 0 Å². The molecule has 0 fully saturated rings. The first-order valence-corrected chi connectivity index (χ1v) is 11.2. The van der Waals surface area contributed by atoms with Crippen LogP contribution in [0.5, 0.6) is 0 Å². The molecule has 33 valence electrons.